The third-order valence-corrected chi connectivity index (χ3v) is 5.54. The first-order valence-electron chi connectivity index (χ1n) is 10.2. The molecular formula is C23H25ClN4O3. The molecule has 0 aliphatic carbocycles. The molecule has 0 bridgehead atoms. The van der Waals surface area contributed by atoms with E-state index in [2.05, 4.69) is 10.4 Å². The zero-order chi connectivity index (χ0) is 22.5. The Balaban J connectivity index is 1.74. The molecule has 3 rings (SSSR count). The lowest BCUT2D eigenvalue weighted by molar-refractivity contribution is -0.118. The highest BCUT2D eigenvalue weighted by Gasteiger charge is 2.26. The van der Waals surface area contributed by atoms with Crippen molar-refractivity contribution in [3.63, 3.8) is 0 Å². The average Bonchev–Trinajstić information content (AvgIpc) is 2.77. The number of hydrogen-bond donors (Lipinski definition) is 1. The Hall–Kier alpha value is -3.19. The number of nitrogens with zero attached hydrogens (tertiary/aromatic N) is 3. The van der Waals surface area contributed by atoms with Crippen molar-refractivity contribution >= 4 is 46.4 Å². The molecule has 7 nitrogen and oxygen atoms in total. The van der Waals surface area contributed by atoms with Gasteiger partial charge < -0.3 is 10.2 Å². The highest BCUT2D eigenvalue weighted by Crippen LogP contribution is 2.26. The van der Waals surface area contributed by atoms with Gasteiger partial charge in [-0.3, -0.25) is 14.4 Å². The summed E-state index contributed by atoms with van der Waals surface area (Å²) in [6.45, 7) is 7.00. The van der Waals surface area contributed by atoms with Gasteiger partial charge in [-0.1, -0.05) is 17.7 Å². The fourth-order valence-corrected chi connectivity index (χ4v) is 3.40. The summed E-state index contributed by atoms with van der Waals surface area (Å²) in [5.41, 5.74) is 2.76. The zero-order valence-corrected chi connectivity index (χ0v) is 18.6. The first-order chi connectivity index (χ1) is 14.8. The van der Waals surface area contributed by atoms with Gasteiger partial charge in [0.1, 0.15) is 5.71 Å². The maximum absolute atomic E-state index is 12.7. The van der Waals surface area contributed by atoms with Gasteiger partial charge in [-0.25, -0.2) is 5.01 Å². The summed E-state index contributed by atoms with van der Waals surface area (Å²) in [5, 5.41) is 8.79. The number of halogens is 1. The maximum atomic E-state index is 12.7. The van der Waals surface area contributed by atoms with Gasteiger partial charge in [-0.2, -0.15) is 5.10 Å². The van der Waals surface area contributed by atoms with Crippen LogP contribution in [0.15, 0.2) is 47.6 Å². The van der Waals surface area contributed by atoms with Gasteiger partial charge in [0.15, 0.2) is 0 Å². The summed E-state index contributed by atoms with van der Waals surface area (Å²) in [4.78, 5) is 39.2. The first kappa shape index (κ1) is 22.5. The predicted octanol–water partition coefficient (Wildman–Crippen LogP) is 4.25. The van der Waals surface area contributed by atoms with Crippen LogP contribution in [0.1, 0.15) is 42.6 Å². The van der Waals surface area contributed by atoms with E-state index in [1.54, 1.807) is 47.4 Å². The lowest BCUT2D eigenvalue weighted by Gasteiger charge is -2.23. The molecule has 0 fully saturated rings. The van der Waals surface area contributed by atoms with Crippen molar-refractivity contribution in [3.8, 4) is 0 Å². The summed E-state index contributed by atoms with van der Waals surface area (Å²) in [6, 6.07) is 11.9. The highest BCUT2D eigenvalue weighted by atomic mass is 35.5. The fourth-order valence-electron chi connectivity index (χ4n) is 3.22. The molecule has 0 atom stereocenters. The van der Waals surface area contributed by atoms with Crippen molar-refractivity contribution in [2.75, 3.05) is 23.4 Å². The molecule has 31 heavy (non-hydrogen) atoms. The summed E-state index contributed by atoms with van der Waals surface area (Å²) < 4.78 is 0. The van der Waals surface area contributed by atoms with Crippen molar-refractivity contribution in [2.24, 2.45) is 5.10 Å². The molecule has 1 aliphatic heterocycles. The molecule has 1 heterocycles. The second-order valence-electron chi connectivity index (χ2n) is 7.19. The molecule has 0 aromatic heterocycles. The van der Waals surface area contributed by atoms with Gasteiger partial charge in [-0.05, 0) is 62.7 Å². The van der Waals surface area contributed by atoms with E-state index >= 15 is 0 Å². The molecular weight excluding hydrogens is 416 g/mol. The minimum Gasteiger partial charge on any atom is -0.339 e. The number of carbonyl (C=O) groups excluding carboxylic acids is 3. The van der Waals surface area contributed by atoms with Crippen molar-refractivity contribution in [2.45, 2.75) is 33.6 Å². The zero-order valence-electron chi connectivity index (χ0n) is 17.8. The van der Waals surface area contributed by atoms with E-state index in [1.165, 1.54) is 5.01 Å². The van der Waals surface area contributed by atoms with Crippen LogP contribution >= 0.6 is 11.6 Å². The fraction of sp³-hybridized carbons (Fsp3) is 0.304. The number of benzene rings is 2. The van der Waals surface area contributed by atoms with Crippen LogP contribution in [0, 0.1) is 6.92 Å². The van der Waals surface area contributed by atoms with Crippen LogP contribution < -0.4 is 10.3 Å². The van der Waals surface area contributed by atoms with Crippen molar-refractivity contribution < 1.29 is 14.4 Å². The molecule has 1 N–H and O–H groups in total. The summed E-state index contributed by atoms with van der Waals surface area (Å²) in [7, 11) is 0. The molecule has 162 valence electrons. The molecule has 8 heteroatoms. The number of hydrazone groups is 1. The molecule has 1 aliphatic rings. The molecule has 2 aromatic rings. The molecule has 0 radical (unpaired) electrons. The normalized spacial score (nSPS) is 13.6. The van der Waals surface area contributed by atoms with Gasteiger partial charge in [0.2, 0.25) is 5.91 Å². The Morgan fingerprint density at radius 2 is 1.77 bits per heavy atom. The maximum Gasteiger partial charge on any atom is 0.271 e. The summed E-state index contributed by atoms with van der Waals surface area (Å²) in [5.74, 6) is -0.639. The topological polar surface area (TPSA) is 82.1 Å². The van der Waals surface area contributed by atoms with E-state index in [9.17, 15) is 14.4 Å². The number of carbonyl (C=O) groups is 3. The summed E-state index contributed by atoms with van der Waals surface area (Å²) >= 11 is 6.17. The quantitative estimate of drug-likeness (QED) is 0.728. The smallest absolute Gasteiger partial charge is 0.271 e. The van der Waals surface area contributed by atoms with Gasteiger partial charge in [0, 0.05) is 42.2 Å². The molecule has 0 saturated heterocycles. The van der Waals surface area contributed by atoms with Crippen LogP contribution in [0.2, 0.25) is 5.02 Å². The number of nitrogens with one attached hydrogen (secondary N) is 1. The summed E-state index contributed by atoms with van der Waals surface area (Å²) in [6.07, 6.45) is 0.425. The van der Waals surface area contributed by atoms with Gasteiger partial charge in [0.05, 0.1) is 5.69 Å². The van der Waals surface area contributed by atoms with Gasteiger partial charge in [0.25, 0.3) is 11.8 Å². The Labute approximate surface area is 186 Å². The van der Waals surface area contributed by atoms with Crippen LogP contribution in [0.4, 0.5) is 11.4 Å². The van der Waals surface area contributed by atoms with Crippen LogP contribution in [-0.2, 0) is 9.59 Å². The standard InChI is InChI=1S/C23H25ClN4O3/c1-4-27(5-2)23(31)16-7-9-17(10-8-16)25-22(30)20-12-13-21(29)28(26-20)18-11-6-15(3)19(24)14-18/h6-11,14H,4-5,12-13H2,1-3H3,(H,25,30). The Bertz CT molecular complexity index is 1030. The van der Waals surface area contributed by atoms with Crippen molar-refractivity contribution in [1.82, 2.24) is 4.90 Å². The van der Waals surface area contributed by atoms with E-state index in [0.29, 0.717) is 35.1 Å². The van der Waals surface area contributed by atoms with Crippen molar-refractivity contribution in [1.29, 1.82) is 0 Å². The minimum atomic E-state index is -0.390. The van der Waals surface area contributed by atoms with Crippen LogP contribution in [0.25, 0.3) is 0 Å². The number of aryl methyl sites for hydroxylation is 1. The Morgan fingerprint density at radius 3 is 2.39 bits per heavy atom. The van der Waals surface area contributed by atoms with Gasteiger partial charge >= 0.3 is 0 Å². The average molecular weight is 441 g/mol. The molecule has 0 spiro atoms. The Morgan fingerprint density at radius 1 is 1.10 bits per heavy atom. The molecule has 0 saturated carbocycles. The van der Waals surface area contributed by atoms with E-state index in [0.717, 1.165) is 5.56 Å². The van der Waals surface area contributed by atoms with Crippen LogP contribution in [-0.4, -0.2) is 41.4 Å². The monoisotopic (exact) mass is 440 g/mol. The first-order valence-corrected chi connectivity index (χ1v) is 10.6. The van der Waals surface area contributed by atoms with Gasteiger partial charge in [-0.15, -0.1) is 0 Å². The minimum absolute atomic E-state index is 0.0505. The number of amides is 3. The van der Waals surface area contributed by atoms with E-state index in [4.69, 9.17) is 11.6 Å². The third kappa shape index (κ3) is 5.11. The Kier molecular flexibility index (Phi) is 7.07. The van der Waals surface area contributed by atoms with Crippen LogP contribution in [0.3, 0.4) is 0 Å². The largest absolute Gasteiger partial charge is 0.339 e. The lowest BCUT2D eigenvalue weighted by atomic mass is 10.1. The highest BCUT2D eigenvalue weighted by molar-refractivity contribution is 6.44. The number of hydrogen-bond acceptors (Lipinski definition) is 4. The van der Waals surface area contributed by atoms with E-state index in [-0.39, 0.29) is 30.4 Å². The number of rotatable bonds is 6. The SMILES string of the molecule is CCN(CC)C(=O)c1ccc(NC(=O)C2=NN(c3ccc(C)c(Cl)c3)C(=O)CC2)cc1. The molecule has 3 amide bonds. The van der Waals surface area contributed by atoms with E-state index in [1.807, 2.05) is 20.8 Å². The number of anilines is 2. The predicted molar refractivity (Wildman–Crippen MR) is 123 cm³/mol. The lowest BCUT2D eigenvalue weighted by Crippen LogP contribution is -2.36. The third-order valence-electron chi connectivity index (χ3n) is 5.14. The van der Waals surface area contributed by atoms with Crippen LogP contribution in [0.5, 0.6) is 0 Å². The van der Waals surface area contributed by atoms with E-state index < -0.39 is 5.91 Å². The second-order valence-corrected chi connectivity index (χ2v) is 7.60. The molecule has 2 aromatic carbocycles. The van der Waals surface area contributed by atoms with Crippen molar-refractivity contribution in [3.05, 3.63) is 58.6 Å². The molecule has 0 unspecified atom stereocenters. The second kappa shape index (κ2) is 9.75.